The SMILES string of the molecule is CN(C)c1ccnc(C(=O)N2CC(C)(N)C2)c1. The first-order valence-corrected chi connectivity index (χ1v) is 5.61. The van der Waals surface area contributed by atoms with E-state index in [2.05, 4.69) is 4.98 Å². The molecule has 1 aromatic rings. The van der Waals surface area contributed by atoms with E-state index in [1.165, 1.54) is 0 Å². The van der Waals surface area contributed by atoms with Crippen LogP contribution < -0.4 is 10.6 Å². The third kappa shape index (κ3) is 2.39. The molecule has 0 saturated carbocycles. The predicted molar refractivity (Wildman–Crippen MR) is 67.1 cm³/mol. The smallest absolute Gasteiger partial charge is 0.272 e. The van der Waals surface area contributed by atoms with E-state index in [-0.39, 0.29) is 11.4 Å². The Kier molecular flexibility index (Phi) is 2.79. The lowest BCUT2D eigenvalue weighted by atomic mass is 9.93. The summed E-state index contributed by atoms with van der Waals surface area (Å²) in [5, 5.41) is 0. The highest BCUT2D eigenvalue weighted by Crippen LogP contribution is 2.20. The number of hydrogen-bond acceptors (Lipinski definition) is 4. The van der Waals surface area contributed by atoms with Gasteiger partial charge < -0.3 is 15.5 Å². The van der Waals surface area contributed by atoms with Gasteiger partial charge in [0.25, 0.3) is 5.91 Å². The summed E-state index contributed by atoms with van der Waals surface area (Å²) in [5.74, 6) is -0.0448. The maximum Gasteiger partial charge on any atom is 0.272 e. The molecular formula is C12H18N4O. The van der Waals surface area contributed by atoms with Crippen molar-refractivity contribution in [2.75, 3.05) is 32.1 Å². The van der Waals surface area contributed by atoms with E-state index in [4.69, 9.17) is 5.73 Å². The van der Waals surface area contributed by atoms with E-state index in [9.17, 15) is 4.79 Å². The average Bonchev–Trinajstić information content (AvgIpc) is 2.25. The number of amides is 1. The second-order valence-electron chi connectivity index (χ2n) is 5.11. The van der Waals surface area contributed by atoms with Gasteiger partial charge in [-0.25, -0.2) is 0 Å². The molecule has 1 aliphatic rings. The lowest BCUT2D eigenvalue weighted by Gasteiger charge is -2.45. The van der Waals surface area contributed by atoms with Crippen LogP contribution in [0, 0.1) is 0 Å². The van der Waals surface area contributed by atoms with Crippen LogP contribution >= 0.6 is 0 Å². The summed E-state index contributed by atoms with van der Waals surface area (Å²) in [7, 11) is 3.87. The number of aromatic nitrogens is 1. The van der Waals surface area contributed by atoms with Crippen molar-refractivity contribution < 1.29 is 4.79 Å². The van der Waals surface area contributed by atoms with Gasteiger partial charge in [-0.1, -0.05) is 0 Å². The Morgan fingerprint density at radius 2 is 2.18 bits per heavy atom. The van der Waals surface area contributed by atoms with E-state index in [1.807, 2.05) is 32.0 Å². The number of nitrogens with zero attached hydrogens (tertiary/aromatic N) is 3. The van der Waals surface area contributed by atoms with Crippen LogP contribution in [0.5, 0.6) is 0 Å². The van der Waals surface area contributed by atoms with Crippen molar-refractivity contribution in [3.8, 4) is 0 Å². The fourth-order valence-corrected chi connectivity index (χ4v) is 1.95. The molecule has 5 nitrogen and oxygen atoms in total. The van der Waals surface area contributed by atoms with E-state index < -0.39 is 0 Å². The summed E-state index contributed by atoms with van der Waals surface area (Å²) in [5.41, 5.74) is 7.09. The van der Waals surface area contributed by atoms with Gasteiger partial charge in [-0.3, -0.25) is 9.78 Å². The maximum atomic E-state index is 12.1. The molecule has 0 unspecified atom stereocenters. The Morgan fingerprint density at radius 1 is 1.53 bits per heavy atom. The molecule has 0 aromatic carbocycles. The summed E-state index contributed by atoms with van der Waals surface area (Å²) in [6, 6.07) is 3.68. The zero-order chi connectivity index (χ0) is 12.6. The highest BCUT2D eigenvalue weighted by atomic mass is 16.2. The van der Waals surface area contributed by atoms with Crippen LogP contribution in [0.3, 0.4) is 0 Å². The Bertz CT molecular complexity index is 434. The predicted octanol–water partition coefficient (Wildman–Crippen LogP) is 0.321. The normalized spacial score (nSPS) is 17.5. The summed E-state index contributed by atoms with van der Waals surface area (Å²) in [4.78, 5) is 19.9. The minimum absolute atomic E-state index is 0.0448. The minimum Gasteiger partial charge on any atom is -0.378 e. The average molecular weight is 234 g/mol. The molecule has 2 N–H and O–H groups in total. The third-order valence-corrected chi connectivity index (χ3v) is 2.87. The quantitative estimate of drug-likeness (QED) is 0.800. The molecule has 92 valence electrons. The van der Waals surface area contributed by atoms with E-state index in [1.54, 1.807) is 17.2 Å². The zero-order valence-corrected chi connectivity index (χ0v) is 10.5. The highest BCUT2D eigenvalue weighted by molar-refractivity contribution is 5.93. The molecule has 0 bridgehead atoms. The minimum atomic E-state index is -0.241. The first-order valence-electron chi connectivity index (χ1n) is 5.61. The number of carbonyl (C=O) groups excluding carboxylic acids is 1. The molecule has 17 heavy (non-hydrogen) atoms. The van der Waals surface area contributed by atoms with Crippen molar-refractivity contribution in [3.63, 3.8) is 0 Å². The van der Waals surface area contributed by atoms with Crippen molar-refractivity contribution in [1.29, 1.82) is 0 Å². The van der Waals surface area contributed by atoms with Crippen LogP contribution in [0.4, 0.5) is 5.69 Å². The second-order valence-corrected chi connectivity index (χ2v) is 5.11. The topological polar surface area (TPSA) is 62.5 Å². The van der Waals surface area contributed by atoms with Gasteiger partial charge in [0.05, 0.1) is 0 Å². The summed E-state index contributed by atoms with van der Waals surface area (Å²) >= 11 is 0. The van der Waals surface area contributed by atoms with Crippen LogP contribution in [0.25, 0.3) is 0 Å². The van der Waals surface area contributed by atoms with Gasteiger partial charge in [-0.15, -0.1) is 0 Å². The first kappa shape index (κ1) is 11.9. The fraction of sp³-hybridized carbons (Fsp3) is 0.500. The van der Waals surface area contributed by atoms with Crippen LogP contribution in [-0.4, -0.2) is 48.5 Å². The summed E-state index contributed by atoms with van der Waals surface area (Å²) in [6.07, 6.45) is 1.66. The largest absolute Gasteiger partial charge is 0.378 e. The second kappa shape index (κ2) is 4.00. The van der Waals surface area contributed by atoms with Gasteiger partial charge in [-0.2, -0.15) is 0 Å². The third-order valence-electron chi connectivity index (χ3n) is 2.87. The lowest BCUT2D eigenvalue weighted by Crippen LogP contribution is -2.66. The van der Waals surface area contributed by atoms with Crippen LogP contribution in [0.15, 0.2) is 18.3 Å². The number of anilines is 1. The molecule has 1 aliphatic heterocycles. The van der Waals surface area contributed by atoms with Crippen molar-refractivity contribution in [3.05, 3.63) is 24.0 Å². The Hall–Kier alpha value is -1.62. The molecule has 0 radical (unpaired) electrons. The van der Waals surface area contributed by atoms with Gasteiger partial charge in [-0.05, 0) is 19.1 Å². The van der Waals surface area contributed by atoms with Gasteiger partial charge in [0.15, 0.2) is 0 Å². The lowest BCUT2D eigenvalue weighted by molar-refractivity contribution is 0.0448. The van der Waals surface area contributed by atoms with Crippen molar-refractivity contribution in [2.24, 2.45) is 5.73 Å². The molecule has 0 aliphatic carbocycles. The number of hydrogen-bond donors (Lipinski definition) is 1. The fourth-order valence-electron chi connectivity index (χ4n) is 1.95. The highest BCUT2D eigenvalue weighted by Gasteiger charge is 2.38. The summed E-state index contributed by atoms with van der Waals surface area (Å²) in [6.45, 7) is 3.14. The van der Waals surface area contributed by atoms with Crippen molar-refractivity contribution in [1.82, 2.24) is 9.88 Å². The van der Waals surface area contributed by atoms with Crippen molar-refractivity contribution >= 4 is 11.6 Å². The monoisotopic (exact) mass is 234 g/mol. The van der Waals surface area contributed by atoms with Gasteiger partial charge in [0.2, 0.25) is 0 Å². The van der Waals surface area contributed by atoms with Crippen LogP contribution in [0.1, 0.15) is 17.4 Å². The van der Waals surface area contributed by atoms with Gasteiger partial charge in [0, 0.05) is 44.6 Å². The molecule has 0 atom stereocenters. The maximum absolute atomic E-state index is 12.1. The van der Waals surface area contributed by atoms with Crippen LogP contribution in [0.2, 0.25) is 0 Å². The van der Waals surface area contributed by atoms with Gasteiger partial charge in [0.1, 0.15) is 5.69 Å². The standard InChI is InChI=1S/C12H18N4O/c1-12(13)7-16(8-12)11(17)10-6-9(15(2)3)4-5-14-10/h4-6H,7-8,13H2,1-3H3. The molecule has 0 spiro atoms. The Balaban J connectivity index is 2.13. The molecule has 1 aromatic heterocycles. The number of nitrogens with two attached hydrogens (primary N) is 1. The number of rotatable bonds is 2. The summed E-state index contributed by atoms with van der Waals surface area (Å²) < 4.78 is 0. The first-order chi connectivity index (χ1) is 7.89. The number of carbonyl (C=O) groups is 1. The molecule has 5 heteroatoms. The molecule has 2 heterocycles. The van der Waals surface area contributed by atoms with Crippen molar-refractivity contribution in [2.45, 2.75) is 12.5 Å². The number of pyridine rings is 1. The molecule has 1 amide bonds. The molecule has 1 saturated heterocycles. The van der Waals surface area contributed by atoms with E-state index in [0.29, 0.717) is 18.8 Å². The molecular weight excluding hydrogens is 216 g/mol. The van der Waals surface area contributed by atoms with Crippen LogP contribution in [-0.2, 0) is 0 Å². The van der Waals surface area contributed by atoms with E-state index in [0.717, 1.165) is 5.69 Å². The Morgan fingerprint density at radius 3 is 2.71 bits per heavy atom. The van der Waals surface area contributed by atoms with Gasteiger partial charge >= 0.3 is 0 Å². The zero-order valence-electron chi connectivity index (χ0n) is 10.5. The molecule has 2 rings (SSSR count). The Labute approximate surface area is 101 Å². The molecule has 1 fully saturated rings. The number of likely N-dealkylation sites (tertiary alicyclic amines) is 1. The van der Waals surface area contributed by atoms with E-state index >= 15 is 0 Å².